The summed E-state index contributed by atoms with van der Waals surface area (Å²) < 4.78 is 0. The Hall–Kier alpha value is -2.10. The molecular formula is C19H25N3O. The third-order valence-corrected chi connectivity index (χ3v) is 4.63. The summed E-state index contributed by atoms with van der Waals surface area (Å²) in [5.74, 6) is 1.02. The molecule has 2 heterocycles. The minimum Gasteiger partial charge on any atom is -0.372 e. The van der Waals surface area contributed by atoms with E-state index in [2.05, 4.69) is 48.0 Å². The summed E-state index contributed by atoms with van der Waals surface area (Å²) in [6.07, 6.45) is 6.24. The van der Waals surface area contributed by atoms with Crippen molar-refractivity contribution in [2.45, 2.75) is 39.5 Å². The van der Waals surface area contributed by atoms with E-state index < -0.39 is 0 Å². The molecule has 4 nitrogen and oxygen atoms in total. The van der Waals surface area contributed by atoms with Gasteiger partial charge in [0.05, 0.1) is 0 Å². The SMILES string of the molecule is CCN(CC)c1ccc(C=C2N=C3CCCCCN3C2=O)cc1. The number of hydrogen-bond donors (Lipinski definition) is 0. The van der Waals surface area contributed by atoms with E-state index in [9.17, 15) is 4.79 Å². The maximum absolute atomic E-state index is 12.5. The molecule has 1 amide bonds. The van der Waals surface area contributed by atoms with Crippen LogP contribution in [0.15, 0.2) is 35.0 Å². The molecule has 1 fully saturated rings. The van der Waals surface area contributed by atoms with Gasteiger partial charge in [-0.15, -0.1) is 0 Å². The predicted molar refractivity (Wildman–Crippen MR) is 95.6 cm³/mol. The van der Waals surface area contributed by atoms with E-state index in [4.69, 9.17) is 0 Å². The number of carbonyl (C=O) groups is 1. The highest BCUT2D eigenvalue weighted by molar-refractivity contribution is 6.14. The van der Waals surface area contributed by atoms with Gasteiger partial charge in [0.2, 0.25) is 0 Å². The molecule has 0 radical (unpaired) electrons. The second kappa shape index (κ2) is 6.99. The number of nitrogens with zero attached hydrogens (tertiary/aromatic N) is 3. The van der Waals surface area contributed by atoms with E-state index in [1.54, 1.807) is 0 Å². The normalized spacial score (nSPS) is 19.6. The third-order valence-electron chi connectivity index (χ3n) is 4.63. The fourth-order valence-corrected chi connectivity index (χ4v) is 3.28. The second-order valence-corrected chi connectivity index (χ2v) is 6.09. The van der Waals surface area contributed by atoms with Gasteiger partial charge in [-0.05, 0) is 50.5 Å². The van der Waals surface area contributed by atoms with Crippen LogP contribution in [0.4, 0.5) is 5.69 Å². The zero-order valence-electron chi connectivity index (χ0n) is 14.1. The summed E-state index contributed by atoms with van der Waals surface area (Å²) in [6, 6.07) is 8.37. The van der Waals surface area contributed by atoms with Crippen molar-refractivity contribution in [1.29, 1.82) is 0 Å². The van der Waals surface area contributed by atoms with Crippen LogP contribution in [0.2, 0.25) is 0 Å². The van der Waals surface area contributed by atoms with Crippen molar-refractivity contribution in [1.82, 2.24) is 4.90 Å². The topological polar surface area (TPSA) is 35.9 Å². The first kappa shape index (κ1) is 15.8. The molecule has 0 aliphatic carbocycles. The van der Waals surface area contributed by atoms with Crippen LogP contribution >= 0.6 is 0 Å². The Balaban J connectivity index is 1.80. The van der Waals surface area contributed by atoms with E-state index in [1.807, 2.05) is 11.0 Å². The van der Waals surface area contributed by atoms with E-state index in [1.165, 1.54) is 12.1 Å². The Kier molecular flexibility index (Phi) is 4.79. The Morgan fingerprint density at radius 2 is 1.87 bits per heavy atom. The van der Waals surface area contributed by atoms with Crippen LogP contribution in [0.25, 0.3) is 6.08 Å². The highest BCUT2D eigenvalue weighted by atomic mass is 16.2. The lowest BCUT2D eigenvalue weighted by atomic mass is 10.1. The highest BCUT2D eigenvalue weighted by Crippen LogP contribution is 2.24. The van der Waals surface area contributed by atoms with Crippen molar-refractivity contribution in [3.05, 3.63) is 35.5 Å². The number of rotatable bonds is 4. The van der Waals surface area contributed by atoms with Gasteiger partial charge in [-0.1, -0.05) is 18.6 Å². The first-order valence-electron chi connectivity index (χ1n) is 8.69. The van der Waals surface area contributed by atoms with E-state index in [0.29, 0.717) is 5.70 Å². The molecule has 0 atom stereocenters. The average molecular weight is 311 g/mol. The lowest BCUT2D eigenvalue weighted by molar-refractivity contribution is -0.122. The van der Waals surface area contributed by atoms with Gasteiger partial charge in [0, 0.05) is 31.7 Å². The second-order valence-electron chi connectivity index (χ2n) is 6.09. The molecule has 0 bridgehead atoms. The smallest absolute Gasteiger partial charge is 0.277 e. The van der Waals surface area contributed by atoms with Crippen LogP contribution in [-0.2, 0) is 4.79 Å². The fraction of sp³-hybridized carbons (Fsp3) is 0.474. The van der Waals surface area contributed by atoms with Crippen LogP contribution in [-0.4, -0.2) is 36.3 Å². The predicted octanol–water partition coefficient (Wildman–Crippen LogP) is 3.69. The van der Waals surface area contributed by atoms with Crippen molar-refractivity contribution in [3.63, 3.8) is 0 Å². The first-order valence-corrected chi connectivity index (χ1v) is 8.69. The van der Waals surface area contributed by atoms with Gasteiger partial charge < -0.3 is 4.90 Å². The van der Waals surface area contributed by atoms with Gasteiger partial charge >= 0.3 is 0 Å². The summed E-state index contributed by atoms with van der Waals surface area (Å²) in [4.78, 5) is 21.3. The summed E-state index contributed by atoms with van der Waals surface area (Å²) in [5.41, 5.74) is 2.83. The third kappa shape index (κ3) is 3.31. The van der Waals surface area contributed by atoms with E-state index in [0.717, 1.165) is 50.3 Å². The molecule has 4 heteroatoms. The molecule has 1 aromatic rings. The monoisotopic (exact) mass is 311 g/mol. The van der Waals surface area contributed by atoms with Crippen LogP contribution in [0.1, 0.15) is 45.1 Å². The molecule has 1 saturated heterocycles. The Morgan fingerprint density at radius 1 is 1.13 bits per heavy atom. The molecule has 2 aliphatic heterocycles. The van der Waals surface area contributed by atoms with Crippen LogP contribution in [0.3, 0.4) is 0 Å². The van der Waals surface area contributed by atoms with Crippen LogP contribution in [0, 0.1) is 0 Å². The number of amidine groups is 1. The number of fused-ring (bicyclic) bond motifs is 1. The Morgan fingerprint density at radius 3 is 2.57 bits per heavy atom. The molecule has 0 spiro atoms. The molecular weight excluding hydrogens is 286 g/mol. The summed E-state index contributed by atoms with van der Waals surface area (Å²) in [5, 5.41) is 0. The van der Waals surface area contributed by atoms with Crippen molar-refractivity contribution in [2.75, 3.05) is 24.5 Å². The number of aliphatic imine (C=N–C) groups is 1. The summed E-state index contributed by atoms with van der Waals surface area (Å²) in [6.45, 7) is 7.13. The summed E-state index contributed by atoms with van der Waals surface area (Å²) in [7, 11) is 0. The van der Waals surface area contributed by atoms with Gasteiger partial charge in [-0.25, -0.2) is 4.99 Å². The van der Waals surface area contributed by atoms with Gasteiger partial charge in [0.15, 0.2) is 0 Å². The zero-order chi connectivity index (χ0) is 16.2. The maximum atomic E-state index is 12.5. The largest absolute Gasteiger partial charge is 0.372 e. The number of carbonyl (C=O) groups excluding carboxylic acids is 1. The van der Waals surface area contributed by atoms with Crippen molar-refractivity contribution >= 4 is 23.5 Å². The van der Waals surface area contributed by atoms with E-state index in [-0.39, 0.29) is 5.91 Å². The highest BCUT2D eigenvalue weighted by Gasteiger charge is 2.30. The molecule has 0 saturated carbocycles. The average Bonchev–Trinajstić information content (AvgIpc) is 2.75. The van der Waals surface area contributed by atoms with Gasteiger partial charge in [0.25, 0.3) is 5.91 Å². The van der Waals surface area contributed by atoms with Gasteiger partial charge in [0.1, 0.15) is 11.5 Å². The molecule has 2 aliphatic rings. The van der Waals surface area contributed by atoms with Crippen molar-refractivity contribution < 1.29 is 4.79 Å². The van der Waals surface area contributed by atoms with E-state index >= 15 is 0 Å². The van der Waals surface area contributed by atoms with Crippen molar-refractivity contribution in [3.8, 4) is 0 Å². The molecule has 1 aromatic carbocycles. The molecule has 3 rings (SSSR count). The lowest BCUT2D eigenvalue weighted by Crippen LogP contribution is -2.31. The Bertz CT molecular complexity index is 627. The minimum atomic E-state index is 0.0646. The molecule has 122 valence electrons. The lowest BCUT2D eigenvalue weighted by Gasteiger charge is -2.20. The molecule has 23 heavy (non-hydrogen) atoms. The molecule has 0 unspecified atom stereocenters. The quantitative estimate of drug-likeness (QED) is 0.795. The standard InChI is InChI=1S/C19H25N3O/c1-3-21(4-2)16-11-9-15(10-12-16)14-17-19(23)22-13-7-5-6-8-18(22)20-17/h9-12,14H,3-8,13H2,1-2H3. The number of anilines is 1. The van der Waals surface area contributed by atoms with Gasteiger partial charge in [-0.3, -0.25) is 9.69 Å². The molecule has 0 N–H and O–H groups in total. The maximum Gasteiger partial charge on any atom is 0.277 e. The molecule has 0 aromatic heterocycles. The number of benzene rings is 1. The fourth-order valence-electron chi connectivity index (χ4n) is 3.28. The number of hydrogen-bond acceptors (Lipinski definition) is 3. The van der Waals surface area contributed by atoms with Gasteiger partial charge in [-0.2, -0.15) is 0 Å². The first-order chi connectivity index (χ1) is 11.2. The summed E-state index contributed by atoms with van der Waals surface area (Å²) >= 11 is 0. The Labute approximate surface area is 138 Å². The van der Waals surface area contributed by atoms with Crippen molar-refractivity contribution in [2.24, 2.45) is 4.99 Å². The van der Waals surface area contributed by atoms with Crippen LogP contribution in [0.5, 0.6) is 0 Å². The zero-order valence-corrected chi connectivity index (χ0v) is 14.1. The minimum absolute atomic E-state index is 0.0646. The number of amides is 1. The van der Waals surface area contributed by atoms with Crippen LogP contribution < -0.4 is 4.90 Å².